The van der Waals surface area contributed by atoms with Crippen LogP contribution in [0.5, 0.6) is 0 Å². The van der Waals surface area contributed by atoms with E-state index < -0.39 is 0 Å². The normalized spacial score (nSPS) is 19.5. The fraction of sp³-hybridized carbons (Fsp3) is 0.286. The second-order valence-corrected chi connectivity index (χ2v) is 6.89. The van der Waals surface area contributed by atoms with Gasteiger partial charge in [-0.1, -0.05) is 17.3 Å². The Kier molecular flexibility index (Phi) is 4.32. The van der Waals surface area contributed by atoms with E-state index >= 15 is 0 Å². The lowest BCUT2D eigenvalue weighted by atomic mass is 10.2. The van der Waals surface area contributed by atoms with Crippen molar-refractivity contribution in [1.82, 2.24) is 10.1 Å². The van der Waals surface area contributed by atoms with E-state index in [1.807, 2.05) is 59.9 Å². The van der Waals surface area contributed by atoms with E-state index in [-0.39, 0.29) is 0 Å². The highest BCUT2D eigenvalue weighted by Crippen LogP contribution is 2.35. The first-order chi connectivity index (χ1) is 9.81. The molecule has 0 aliphatic carbocycles. The number of aromatic nitrogens is 2. The van der Waals surface area contributed by atoms with Gasteiger partial charge in [0.1, 0.15) is 0 Å². The number of thioether (sulfide) groups is 2. The van der Waals surface area contributed by atoms with Crippen LogP contribution in [0.2, 0.25) is 0 Å². The highest BCUT2D eigenvalue weighted by molar-refractivity contribution is 8.06. The molecule has 0 amide bonds. The molecule has 1 saturated heterocycles. The molecule has 0 radical (unpaired) electrons. The highest BCUT2D eigenvalue weighted by Gasteiger charge is 2.21. The van der Waals surface area contributed by atoms with Crippen molar-refractivity contribution >= 4 is 41.4 Å². The van der Waals surface area contributed by atoms with E-state index in [0.717, 1.165) is 28.6 Å². The van der Waals surface area contributed by atoms with Crippen LogP contribution in [-0.2, 0) is 0 Å². The summed E-state index contributed by atoms with van der Waals surface area (Å²) in [4.78, 5) is 4.44. The second-order valence-electron chi connectivity index (χ2n) is 4.43. The summed E-state index contributed by atoms with van der Waals surface area (Å²) in [6.45, 7) is 0. The van der Waals surface area contributed by atoms with Crippen LogP contribution in [0.15, 0.2) is 28.8 Å². The first-order valence-corrected chi connectivity index (χ1v) is 8.58. The third-order valence-electron chi connectivity index (χ3n) is 2.92. The lowest BCUT2D eigenvalue weighted by molar-refractivity contribution is 0.403. The number of nitrogens with two attached hydrogens (primary N) is 1. The monoisotopic (exact) mass is 305 g/mol. The third-order valence-corrected chi connectivity index (χ3v) is 5.67. The summed E-state index contributed by atoms with van der Waals surface area (Å²) in [6, 6.07) is 7.65. The van der Waals surface area contributed by atoms with Crippen molar-refractivity contribution in [2.45, 2.75) is 5.25 Å². The average molecular weight is 305 g/mol. The number of rotatable bonds is 3. The maximum Gasteiger partial charge on any atom is 0.250 e. The average Bonchev–Trinajstić information content (AvgIpc) is 2.97. The SMILES string of the molecule is Nc1ccc(/C=C/c2nc(C3CSCCS3)no2)cc1. The molecule has 3 rings (SSSR count). The zero-order chi connectivity index (χ0) is 13.8. The van der Waals surface area contributed by atoms with E-state index in [2.05, 4.69) is 10.1 Å². The van der Waals surface area contributed by atoms with Gasteiger partial charge in [-0.3, -0.25) is 0 Å². The molecule has 0 spiro atoms. The molecular weight excluding hydrogens is 290 g/mol. The van der Waals surface area contributed by atoms with Gasteiger partial charge in [0.25, 0.3) is 5.89 Å². The molecule has 104 valence electrons. The minimum atomic E-state index is 0.358. The zero-order valence-electron chi connectivity index (χ0n) is 10.9. The van der Waals surface area contributed by atoms with Crippen molar-refractivity contribution in [3.8, 4) is 0 Å². The smallest absolute Gasteiger partial charge is 0.250 e. The van der Waals surface area contributed by atoms with Crippen LogP contribution in [0.25, 0.3) is 12.2 Å². The topological polar surface area (TPSA) is 64.9 Å². The first kappa shape index (κ1) is 13.6. The van der Waals surface area contributed by atoms with Gasteiger partial charge in [0.15, 0.2) is 5.82 Å². The Balaban J connectivity index is 1.68. The van der Waals surface area contributed by atoms with Crippen molar-refractivity contribution < 1.29 is 4.52 Å². The molecule has 2 aromatic rings. The molecule has 1 unspecified atom stereocenters. The number of benzene rings is 1. The van der Waals surface area contributed by atoms with Crippen LogP contribution in [0.3, 0.4) is 0 Å². The lowest BCUT2D eigenvalue weighted by Gasteiger charge is -2.16. The summed E-state index contributed by atoms with van der Waals surface area (Å²) in [5.41, 5.74) is 7.47. The highest BCUT2D eigenvalue weighted by atomic mass is 32.2. The molecule has 6 heteroatoms. The summed E-state index contributed by atoms with van der Waals surface area (Å²) < 4.78 is 5.27. The van der Waals surface area contributed by atoms with Gasteiger partial charge in [-0.2, -0.15) is 16.7 Å². The zero-order valence-corrected chi connectivity index (χ0v) is 12.5. The molecule has 0 bridgehead atoms. The van der Waals surface area contributed by atoms with E-state index in [1.54, 1.807) is 0 Å². The van der Waals surface area contributed by atoms with Gasteiger partial charge in [-0.05, 0) is 23.8 Å². The van der Waals surface area contributed by atoms with E-state index in [4.69, 9.17) is 10.3 Å². The standard InChI is InChI=1S/C14H15N3OS2/c15-11-4-1-10(2-5-11)3-6-13-16-14(17-18-13)12-9-19-7-8-20-12/h1-6,12H,7-9,15H2/b6-3+. The molecule has 1 aliphatic heterocycles. The van der Waals surface area contributed by atoms with Crippen molar-refractivity contribution in [2.24, 2.45) is 0 Å². The number of nitrogen functional groups attached to an aromatic ring is 1. The Morgan fingerprint density at radius 1 is 1.20 bits per heavy atom. The molecule has 2 heterocycles. The Morgan fingerprint density at radius 3 is 2.80 bits per heavy atom. The molecule has 1 aliphatic rings. The first-order valence-electron chi connectivity index (χ1n) is 6.38. The predicted molar refractivity (Wildman–Crippen MR) is 86.6 cm³/mol. The van der Waals surface area contributed by atoms with Crippen LogP contribution < -0.4 is 5.73 Å². The van der Waals surface area contributed by atoms with Crippen molar-refractivity contribution in [1.29, 1.82) is 0 Å². The van der Waals surface area contributed by atoms with Crippen LogP contribution in [0.1, 0.15) is 22.5 Å². The molecule has 2 N–H and O–H groups in total. The Labute approximate surface area is 126 Å². The van der Waals surface area contributed by atoms with E-state index in [1.165, 1.54) is 5.75 Å². The molecule has 1 aromatic carbocycles. The summed E-state index contributed by atoms with van der Waals surface area (Å²) in [5, 5.41) is 4.43. The molecule has 4 nitrogen and oxygen atoms in total. The largest absolute Gasteiger partial charge is 0.399 e. The maximum absolute atomic E-state index is 5.65. The van der Waals surface area contributed by atoms with Crippen LogP contribution in [0.4, 0.5) is 5.69 Å². The minimum Gasteiger partial charge on any atom is -0.399 e. The predicted octanol–water partition coefficient (Wildman–Crippen LogP) is 3.34. The van der Waals surface area contributed by atoms with Gasteiger partial charge in [-0.25, -0.2) is 0 Å². The number of nitrogens with zero attached hydrogens (tertiary/aromatic N) is 2. The fourth-order valence-electron chi connectivity index (χ4n) is 1.86. The Morgan fingerprint density at radius 2 is 2.05 bits per heavy atom. The minimum absolute atomic E-state index is 0.358. The molecular formula is C14H15N3OS2. The molecule has 1 atom stereocenters. The maximum atomic E-state index is 5.65. The van der Waals surface area contributed by atoms with Gasteiger partial charge in [0.2, 0.25) is 0 Å². The third kappa shape index (κ3) is 3.37. The fourth-order valence-corrected chi connectivity index (χ4v) is 4.45. The summed E-state index contributed by atoms with van der Waals surface area (Å²) in [7, 11) is 0. The number of hydrogen-bond donors (Lipinski definition) is 1. The summed E-state index contributed by atoms with van der Waals surface area (Å²) >= 11 is 3.85. The molecule has 1 aromatic heterocycles. The van der Waals surface area contributed by atoms with E-state index in [0.29, 0.717) is 11.1 Å². The molecule has 1 fully saturated rings. The van der Waals surface area contributed by atoms with Gasteiger partial charge in [0, 0.05) is 29.0 Å². The molecule has 20 heavy (non-hydrogen) atoms. The summed E-state index contributed by atoms with van der Waals surface area (Å²) in [6.07, 6.45) is 3.78. The number of hydrogen-bond acceptors (Lipinski definition) is 6. The lowest BCUT2D eigenvalue weighted by Crippen LogP contribution is -2.07. The second kappa shape index (κ2) is 6.37. The van der Waals surface area contributed by atoms with Gasteiger partial charge >= 0.3 is 0 Å². The van der Waals surface area contributed by atoms with Crippen molar-refractivity contribution in [3.05, 3.63) is 41.5 Å². The van der Waals surface area contributed by atoms with Crippen LogP contribution in [0, 0.1) is 0 Å². The van der Waals surface area contributed by atoms with Crippen molar-refractivity contribution in [3.63, 3.8) is 0 Å². The van der Waals surface area contributed by atoms with Crippen molar-refractivity contribution in [2.75, 3.05) is 23.0 Å². The van der Waals surface area contributed by atoms with Gasteiger partial charge < -0.3 is 10.3 Å². The van der Waals surface area contributed by atoms with Gasteiger partial charge in [0.05, 0.1) is 5.25 Å². The summed E-state index contributed by atoms with van der Waals surface area (Å²) in [5.74, 6) is 4.78. The van der Waals surface area contributed by atoms with Gasteiger partial charge in [-0.15, -0.1) is 11.8 Å². The van der Waals surface area contributed by atoms with Crippen LogP contribution in [-0.4, -0.2) is 27.4 Å². The Hall–Kier alpha value is -1.40. The number of anilines is 1. The van der Waals surface area contributed by atoms with Crippen LogP contribution >= 0.6 is 23.5 Å². The van der Waals surface area contributed by atoms with E-state index in [9.17, 15) is 0 Å². The quantitative estimate of drug-likeness (QED) is 0.877. The molecule has 0 saturated carbocycles. The Bertz CT molecular complexity index is 589.